The largest absolute Gasteiger partial charge is 0.336 e. The van der Waals surface area contributed by atoms with E-state index in [2.05, 4.69) is 16.8 Å². The Kier molecular flexibility index (Phi) is 5.45. The van der Waals surface area contributed by atoms with E-state index in [1.165, 1.54) is 0 Å². The maximum atomic E-state index is 13.0. The third kappa shape index (κ3) is 3.68. The highest BCUT2D eigenvalue weighted by Crippen LogP contribution is 2.19. The van der Waals surface area contributed by atoms with Crippen LogP contribution in [0.25, 0.3) is 22.3 Å². The minimum atomic E-state index is -0.110. The summed E-state index contributed by atoms with van der Waals surface area (Å²) in [5.41, 5.74) is 3.31. The van der Waals surface area contributed by atoms with Gasteiger partial charge in [0.05, 0.1) is 11.0 Å². The fraction of sp³-hybridized carbons (Fsp3) is 0.348. The molecule has 29 heavy (non-hydrogen) atoms. The fourth-order valence-electron chi connectivity index (χ4n) is 3.91. The van der Waals surface area contributed by atoms with E-state index in [1.807, 2.05) is 48.2 Å². The number of hydrogen-bond donors (Lipinski definition) is 0. The summed E-state index contributed by atoms with van der Waals surface area (Å²) in [5.74, 6) is 0.0461. The Balaban J connectivity index is 1.62. The van der Waals surface area contributed by atoms with Crippen LogP contribution < -0.4 is 5.56 Å². The van der Waals surface area contributed by atoms with Gasteiger partial charge < -0.3 is 14.4 Å². The van der Waals surface area contributed by atoms with Crippen molar-refractivity contribution >= 4 is 16.9 Å². The third-order valence-electron chi connectivity index (χ3n) is 5.68. The average Bonchev–Trinajstić information content (AvgIpc) is 2.78. The standard InChI is InChI=1S/C23H26N4O2/c1-3-25-13-15-26(16-14-25)22(28)18-11-9-17(10-12-18)21-23(29)27(4-2)20-8-6-5-7-19(20)24-21/h5-12H,3-4,13-16H2,1-2H3. The van der Waals surface area contributed by atoms with E-state index in [4.69, 9.17) is 0 Å². The van der Waals surface area contributed by atoms with Crippen LogP contribution in [-0.4, -0.2) is 58.0 Å². The van der Waals surface area contributed by atoms with E-state index in [9.17, 15) is 9.59 Å². The molecule has 2 heterocycles. The number of fused-ring (bicyclic) bond motifs is 1. The van der Waals surface area contributed by atoms with Crippen molar-refractivity contribution in [2.45, 2.75) is 20.4 Å². The summed E-state index contributed by atoms with van der Waals surface area (Å²) in [6.45, 7) is 9.03. The number of carbonyl (C=O) groups is 1. The van der Waals surface area contributed by atoms with Crippen molar-refractivity contribution in [2.75, 3.05) is 32.7 Å². The molecule has 0 spiro atoms. The summed E-state index contributed by atoms with van der Waals surface area (Å²) in [4.78, 5) is 34.6. The van der Waals surface area contributed by atoms with Gasteiger partial charge in [-0.2, -0.15) is 0 Å². The summed E-state index contributed by atoms with van der Waals surface area (Å²) in [6, 6.07) is 14.9. The van der Waals surface area contributed by atoms with Gasteiger partial charge in [-0.1, -0.05) is 31.2 Å². The second-order valence-corrected chi connectivity index (χ2v) is 7.30. The summed E-state index contributed by atoms with van der Waals surface area (Å²) in [6.07, 6.45) is 0. The zero-order chi connectivity index (χ0) is 20.4. The number of aromatic nitrogens is 2. The van der Waals surface area contributed by atoms with Gasteiger partial charge in [0.1, 0.15) is 5.69 Å². The summed E-state index contributed by atoms with van der Waals surface area (Å²) in [7, 11) is 0. The van der Waals surface area contributed by atoms with Gasteiger partial charge in [-0.05, 0) is 37.7 Å². The molecular weight excluding hydrogens is 364 g/mol. The molecule has 3 aromatic rings. The zero-order valence-electron chi connectivity index (χ0n) is 17.0. The zero-order valence-corrected chi connectivity index (χ0v) is 17.0. The van der Waals surface area contributed by atoms with Crippen LogP contribution in [0.3, 0.4) is 0 Å². The van der Waals surface area contributed by atoms with Crippen molar-refractivity contribution in [1.29, 1.82) is 0 Å². The molecule has 0 aliphatic carbocycles. The van der Waals surface area contributed by atoms with Crippen molar-refractivity contribution in [3.05, 3.63) is 64.4 Å². The van der Waals surface area contributed by atoms with Crippen molar-refractivity contribution in [3.8, 4) is 11.3 Å². The van der Waals surface area contributed by atoms with Crippen molar-refractivity contribution in [1.82, 2.24) is 19.4 Å². The van der Waals surface area contributed by atoms with Crippen LogP contribution >= 0.6 is 0 Å². The van der Waals surface area contributed by atoms with E-state index in [-0.39, 0.29) is 11.5 Å². The Bertz CT molecular complexity index is 1080. The molecule has 1 amide bonds. The number of rotatable bonds is 4. The van der Waals surface area contributed by atoms with E-state index in [0.29, 0.717) is 17.8 Å². The maximum absolute atomic E-state index is 13.0. The number of carbonyl (C=O) groups excluding carboxylic acids is 1. The number of aryl methyl sites for hydroxylation is 1. The first-order valence-corrected chi connectivity index (χ1v) is 10.2. The predicted molar refractivity (Wildman–Crippen MR) is 115 cm³/mol. The Morgan fingerprint density at radius 1 is 0.931 bits per heavy atom. The number of hydrogen-bond acceptors (Lipinski definition) is 4. The van der Waals surface area contributed by atoms with Crippen LogP contribution in [0.5, 0.6) is 0 Å². The molecule has 6 heteroatoms. The molecule has 4 rings (SSSR count). The second kappa shape index (κ2) is 8.17. The molecule has 0 N–H and O–H groups in total. The molecule has 2 aromatic carbocycles. The van der Waals surface area contributed by atoms with E-state index < -0.39 is 0 Å². The van der Waals surface area contributed by atoms with Gasteiger partial charge in [0.15, 0.2) is 0 Å². The lowest BCUT2D eigenvalue weighted by molar-refractivity contribution is 0.0643. The van der Waals surface area contributed by atoms with Crippen LogP contribution in [-0.2, 0) is 6.54 Å². The number of amides is 1. The van der Waals surface area contributed by atoms with Crippen molar-refractivity contribution < 1.29 is 4.79 Å². The highest BCUT2D eigenvalue weighted by Gasteiger charge is 2.21. The van der Waals surface area contributed by atoms with Crippen LogP contribution in [0, 0.1) is 0 Å². The van der Waals surface area contributed by atoms with Crippen LogP contribution in [0.4, 0.5) is 0 Å². The molecule has 6 nitrogen and oxygen atoms in total. The predicted octanol–water partition coefficient (Wildman–Crippen LogP) is 2.86. The van der Waals surface area contributed by atoms with Gasteiger partial charge >= 0.3 is 0 Å². The first kappa shape index (κ1) is 19.3. The molecule has 1 fully saturated rings. The van der Waals surface area contributed by atoms with Crippen molar-refractivity contribution in [3.63, 3.8) is 0 Å². The lowest BCUT2D eigenvalue weighted by atomic mass is 10.1. The number of piperazine rings is 1. The smallest absolute Gasteiger partial charge is 0.277 e. The van der Waals surface area contributed by atoms with E-state index in [1.54, 1.807) is 16.7 Å². The minimum Gasteiger partial charge on any atom is -0.336 e. The summed E-state index contributed by atoms with van der Waals surface area (Å²) >= 11 is 0. The highest BCUT2D eigenvalue weighted by atomic mass is 16.2. The van der Waals surface area contributed by atoms with Gasteiger partial charge in [0, 0.05) is 43.9 Å². The SMILES string of the molecule is CCN1CCN(C(=O)c2ccc(-c3nc4ccccc4n(CC)c3=O)cc2)CC1. The lowest BCUT2D eigenvalue weighted by Crippen LogP contribution is -2.48. The summed E-state index contributed by atoms with van der Waals surface area (Å²) in [5, 5.41) is 0. The molecule has 1 saturated heterocycles. The Morgan fingerprint density at radius 3 is 2.28 bits per heavy atom. The Labute approximate surface area is 170 Å². The Hall–Kier alpha value is -2.99. The molecule has 1 aromatic heterocycles. The van der Waals surface area contributed by atoms with Crippen LogP contribution in [0.1, 0.15) is 24.2 Å². The van der Waals surface area contributed by atoms with Gasteiger partial charge in [-0.3, -0.25) is 9.59 Å². The normalized spacial score (nSPS) is 15.0. The third-order valence-corrected chi connectivity index (χ3v) is 5.68. The average molecular weight is 390 g/mol. The molecule has 0 saturated carbocycles. The van der Waals surface area contributed by atoms with E-state index >= 15 is 0 Å². The highest BCUT2D eigenvalue weighted by molar-refractivity contribution is 5.94. The van der Waals surface area contributed by atoms with Crippen LogP contribution in [0.2, 0.25) is 0 Å². The second-order valence-electron chi connectivity index (χ2n) is 7.30. The molecular formula is C23H26N4O2. The number of para-hydroxylation sites is 2. The summed E-state index contributed by atoms with van der Waals surface area (Å²) < 4.78 is 1.74. The molecule has 150 valence electrons. The van der Waals surface area contributed by atoms with Gasteiger partial charge in [0.2, 0.25) is 0 Å². The van der Waals surface area contributed by atoms with Gasteiger partial charge in [-0.25, -0.2) is 4.98 Å². The molecule has 0 bridgehead atoms. The number of nitrogens with zero attached hydrogens (tertiary/aromatic N) is 4. The molecule has 0 atom stereocenters. The quantitative estimate of drug-likeness (QED) is 0.687. The maximum Gasteiger partial charge on any atom is 0.277 e. The monoisotopic (exact) mass is 390 g/mol. The molecule has 0 unspecified atom stereocenters. The van der Waals surface area contributed by atoms with Gasteiger partial charge in [-0.15, -0.1) is 0 Å². The first-order chi connectivity index (χ1) is 14.1. The fourth-order valence-corrected chi connectivity index (χ4v) is 3.91. The van der Waals surface area contributed by atoms with Gasteiger partial charge in [0.25, 0.3) is 11.5 Å². The molecule has 1 aliphatic rings. The lowest BCUT2D eigenvalue weighted by Gasteiger charge is -2.34. The number of benzene rings is 2. The van der Waals surface area contributed by atoms with Crippen molar-refractivity contribution in [2.24, 2.45) is 0 Å². The van der Waals surface area contributed by atoms with E-state index in [0.717, 1.165) is 49.3 Å². The van der Waals surface area contributed by atoms with Crippen LogP contribution in [0.15, 0.2) is 53.3 Å². The Morgan fingerprint density at radius 2 is 1.62 bits per heavy atom. The first-order valence-electron chi connectivity index (χ1n) is 10.2. The molecule has 1 aliphatic heterocycles. The molecule has 0 radical (unpaired) electrons. The topological polar surface area (TPSA) is 58.4 Å². The number of likely N-dealkylation sites (N-methyl/N-ethyl adjacent to an activating group) is 1. The minimum absolute atomic E-state index is 0.0461.